The number of rotatable bonds is 3. The predicted molar refractivity (Wildman–Crippen MR) is 79.2 cm³/mol. The molecular weight excluding hydrogens is 319 g/mol. The van der Waals surface area contributed by atoms with Crippen LogP contribution in [0.3, 0.4) is 0 Å². The van der Waals surface area contributed by atoms with Crippen LogP contribution in [0.25, 0.3) is 0 Å². The van der Waals surface area contributed by atoms with Gasteiger partial charge in [0, 0.05) is 17.2 Å². The van der Waals surface area contributed by atoms with Gasteiger partial charge >= 0.3 is 0 Å². The van der Waals surface area contributed by atoms with Crippen molar-refractivity contribution in [2.45, 2.75) is 0 Å². The minimum atomic E-state index is -0.703. The molecule has 1 amide bonds. The molecule has 0 heterocycles. The Hall–Kier alpha value is -2.31. The largest absolute Gasteiger partial charge is 0.508 e. The summed E-state index contributed by atoms with van der Waals surface area (Å²) in [6.07, 6.45) is 0. The molecule has 0 aliphatic heterocycles. The van der Waals surface area contributed by atoms with Gasteiger partial charge in [-0.05, 0) is 24.3 Å². The van der Waals surface area contributed by atoms with E-state index in [9.17, 15) is 20.0 Å². The molecule has 0 fully saturated rings. The van der Waals surface area contributed by atoms with Gasteiger partial charge < -0.3 is 10.4 Å². The van der Waals surface area contributed by atoms with E-state index < -0.39 is 16.5 Å². The van der Waals surface area contributed by atoms with E-state index >= 15 is 0 Å². The highest BCUT2D eigenvalue weighted by molar-refractivity contribution is 6.34. The lowest BCUT2D eigenvalue weighted by Crippen LogP contribution is -2.14. The molecule has 2 aromatic rings. The monoisotopic (exact) mass is 326 g/mol. The van der Waals surface area contributed by atoms with Gasteiger partial charge in [0.15, 0.2) is 0 Å². The standard InChI is InChI=1S/C13H8Cl2N2O4/c14-7-1-3-9(12(5-7)17(20)21)13(19)16-11-4-2-8(18)6-10(11)15/h1-6,18H,(H,16,19). The van der Waals surface area contributed by atoms with Gasteiger partial charge in [0.05, 0.1) is 15.6 Å². The van der Waals surface area contributed by atoms with Crippen molar-refractivity contribution in [2.24, 2.45) is 0 Å². The van der Waals surface area contributed by atoms with Crippen LogP contribution in [0, 0.1) is 10.1 Å². The molecule has 0 saturated heterocycles. The zero-order valence-corrected chi connectivity index (χ0v) is 11.9. The maximum atomic E-state index is 12.1. The first-order valence-corrected chi connectivity index (χ1v) is 6.38. The third-order valence-electron chi connectivity index (χ3n) is 2.60. The number of phenolic OH excluding ortho intramolecular Hbond substituents is 1. The van der Waals surface area contributed by atoms with E-state index in [1.165, 1.54) is 30.3 Å². The highest BCUT2D eigenvalue weighted by atomic mass is 35.5. The minimum Gasteiger partial charge on any atom is -0.508 e. The van der Waals surface area contributed by atoms with E-state index in [1.54, 1.807) is 0 Å². The number of anilines is 1. The molecule has 0 unspecified atom stereocenters. The molecule has 0 spiro atoms. The number of nitrogens with zero attached hydrogens (tertiary/aromatic N) is 1. The Bertz CT molecular complexity index is 734. The van der Waals surface area contributed by atoms with Crippen LogP contribution >= 0.6 is 23.2 Å². The maximum Gasteiger partial charge on any atom is 0.283 e. The molecule has 2 rings (SSSR count). The van der Waals surface area contributed by atoms with E-state index in [0.29, 0.717) is 0 Å². The SMILES string of the molecule is O=C(Nc1ccc(O)cc1Cl)c1ccc(Cl)cc1[N+](=O)[O-]. The van der Waals surface area contributed by atoms with Gasteiger partial charge in [0.1, 0.15) is 11.3 Å². The predicted octanol–water partition coefficient (Wildman–Crippen LogP) is 3.86. The fraction of sp³-hybridized carbons (Fsp3) is 0. The number of phenols is 1. The summed E-state index contributed by atoms with van der Waals surface area (Å²) in [6, 6.07) is 7.68. The molecule has 0 aromatic heterocycles. The molecule has 0 bridgehead atoms. The average molecular weight is 327 g/mol. The van der Waals surface area contributed by atoms with Crippen LogP contribution in [-0.2, 0) is 0 Å². The van der Waals surface area contributed by atoms with Gasteiger partial charge in [-0.1, -0.05) is 23.2 Å². The van der Waals surface area contributed by atoms with Gasteiger partial charge in [-0.2, -0.15) is 0 Å². The van der Waals surface area contributed by atoms with E-state index in [1.807, 2.05) is 0 Å². The Morgan fingerprint density at radius 2 is 1.90 bits per heavy atom. The zero-order valence-electron chi connectivity index (χ0n) is 10.3. The van der Waals surface area contributed by atoms with Crippen LogP contribution in [0.15, 0.2) is 36.4 Å². The summed E-state index contributed by atoms with van der Waals surface area (Å²) in [5.74, 6) is -0.763. The smallest absolute Gasteiger partial charge is 0.283 e. The molecule has 0 aliphatic rings. The van der Waals surface area contributed by atoms with Crippen LogP contribution in [0.4, 0.5) is 11.4 Å². The number of aromatic hydroxyl groups is 1. The van der Waals surface area contributed by atoms with Crippen molar-refractivity contribution in [3.63, 3.8) is 0 Å². The highest BCUT2D eigenvalue weighted by Crippen LogP contribution is 2.28. The van der Waals surface area contributed by atoms with Crippen molar-refractivity contribution in [3.05, 3.63) is 62.1 Å². The lowest BCUT2D eigenvalue weighted by molar-refractivity contribution is -0.385. The first kappa shape index (κ1) is 15.1. The summed E-state index contributed by atoms with van der Waals surface area (Å²) in [7, 11) is 0. The molecule has 2 aromatic carbocycles. The second-order valence-electron chi connectivity index (χ2n) is 4.04. The minimum absolute atomic E-state index is 0.0597. The van der Waals surface area contributed by atoms with E-state index in [2.05, 4.69) is 5.32 Å². The lowest BCUT2D eigenvalue weighted by atomic mass is 10.1. The Morgan fingerprint density at radius 3 is 2.52 bits per heavy atom. The molecule has 6 nitrogen and oxygen atoms in total. The van der Waals surface area contributed by atoms with Gasteiger partial charge in [0.25, 0.3) is 11.6 Å². The lowest BCUT2D eigenvalue weighted by Gasteiger charge is -2.08. The van der Waals surface area contributed by atoms with Crippen LogP contribution in [0.1, 0.15) is 10.4 Å². The molecular formula is C13H8Cl2N2O4. The van der Waals surface area contributed by atoms with Gasteiger partial charge in [0.2, 0.25) is 0 Å². The molecule has 2 N–H and O–H groups in total. The quantitative estimate of drug-likeness (QED) is 0.508. The summed E-state index contributed by atoms with van der Waals surface area (Å²) >= 11 is 11.5. The summed E-state index contributed by atoms with van der Waals surface area (Å²) < 4.78 is 0. The fourth-order valence-electron chi connectivity index (χ4n) is 1.64. The number of nitro groups is 1. The van der Waals surface area contributed by atoms with Gasteiger partial charge in [-0.15, -0.1) is 0 Å². The van der Waals surface area contributed by atoms with Crippen molar-refractivity contribution >= 4 is 40.5 Å². The number of carbonyl (C=O) groups is 1. The Balaban J connectivity index is 2.34. The second kappa shape index (κ2) is 5.99. The number of halogens is 2. The first-order chi connectivity index (χ1) is 9.88. The molecule has 108 valence electrons. The fourth-order valence-corrected chi connectivity index (χ4v) is 2.03. The summed E-state index contributed by atoms with van der Waals surface area (Å²) in [4.78, 5) is 22.4. The van der Waals surface area contributed by atoms with Gasteiger partial charge in [-0.3, -0.25) is 14.9 Å². The summed E-state index contributed by atoms with van der Waals surface area (Å²) in [5, 5.41) is 22.9. The topological polar surface area (TPSA) is 92.5 Å². The second-order valence-corrected chi connectivity index (χ2v) is 4.88. The van der Waals surface area contributed by atoms with Crippen LogP contribution in [-0.4, -0.2) is 15.9 Å². The number of benzene rings is 2. The number of carbonyl (C=O) groups excluding carboxylic acids is 1. The average Bonchev–Trinajstić information content (AvgIpc) is 2.41. The normalized spacial score (nSPS) is 10.2. The summed E-state index contributed by atoms with van der Waals surface area (Å²) in [5.41, 5.74) is -0.327. The third-order valence-corrected chi connectivity index (χ3v) is 3.15. The number of hydrogen-bond acceptors (Lipinski definition) is 4. The van der Waals surface area contributed by atoms with Crippen LogP contribution in [0.2, 0.25) is 10.0 Å². The molecule has 0 aliphatic carbocycles. The van der Waals surface area contributed by atoms with Crippen LogP contribution in [0.5, 0.6) is 5.75 Å². The highest BCUT2D eigenvalue weighted by Gasteiger charge is 2.21. The van der Waals surface area contributed by atoms with E-state index in [4.69, 9.17) is 23.2 Å². The van der Waals surface area contributed by atoms with Gasteiger partial charge in [-0.25, -0.2) is 0 Å². The zero-order chi connectivity index (χ0) is 15.6. The molecule has 0 saturated carbocycles. The van der Waals surface area contributed by atoms with E-state index in [0.717, 1.165) is 6.07 Å². The maximum absolute atomic E-state index is 12.1. The van der Waals surface area contributed by atoms with E-state index in [-0.39, 0.29) is 27.0 Å². The summed E-state index contributed by atoms with van der Waals surface area (Å²) in [6.45, 7) is 0. The first-order valence-electron chi connectivity index (χ1n) is 5.62. The van der Waals surface area contributed by atoms with Crippen molar-refractivity contribution in [2.75, 3.05) is 5.32 Å². The van der Waals surface area contributed by atoms with Crippen molar-refractivity contribution < 1.29 is 14.8 Å². The Labute approximate surface area is 129 Å². The molecule has 21 heavy (non-hydrogen) atoms. The Morgan fingerprint density at radius 1 is 1.19 bits per heavy atom. The number of amides is 1. The third kappa shape index (κ3) is 3.42. The molecule has 0 radical (unpaired) electrons. The number of nitrogens with one attached hydrogen (secondary N) is 1. The van der Waals surface area contributed by atoms with Crippen LogP contribution < -0.4 is 5.32 Å². The Kier molecular flexibility index (Phi) is 4.30. The molecule has 8 heteroatoms. The van der Waals surface area contributed by atoms with Crippen molar-refractivity contribution in [1.29, 1.82) is 0 Å². The van der Waals surface area contributed by atoms with Crippen molar-refractivity contribution in [1.82, 2.24) is 0 Å². The molecule has 0 atom stereocenters. The van der Waals surface area contributed by atoms with Crippen molar-refractivity contribution in [3.8, 4) is 5.75 Å². The number of nitro benzene ring substituents is 1. The number of hydrogen-bond donors (Lipinski definition) is 2.